The fraction of sp³-hybridized carbons (Fsp3) is 0.333. The molecule has 3 aromatic rings. The molecule has 5 rings (SSSR count). The Bertz CT molecular complexity index is 1100. The molecule has 9 heteroatoms. The van der Waals surface area contributed by atoms with Crippen LogP contribution in [0, 0.1) is 11.3 Å². The Labute approximate surface area is 174 Å². The Hall–Kier alpha value is -3.64. The lowest BCUT2D eigenvalue weighted by molar-refractivity contribution is 0.292. The number of fused-ring (bicyclic) bond motifs is 2. The summed E-state index contributed by atoms with van der Waals surface area (Å²) in [4.78, 5) is 17.5. The van der Waals surface area contributed by atoms with Gasteiger partial charge in [0.05, 0.1) is 31.4 Å². The molecule has 4 heterocycles. The number of hydrogen-bond donors (Lipinski definition) is 1. The summed E-state index contributed by atoms with van der Waals surface area (Å²) in [5, 5.41) is 11.9. The highest BCUT2D eigenvalue weighted by molar-refractivity contribution is 5.61. The normalized spacial score (nSPS) is 20.4. The van der Waals surface area contributed by atoms with Gasteiger partial charge in [-0.15, -0.1) is 0 Å². The van der Waals surface area contributed by atoms with E-state index in [1.54, 1.807) is 13.4 Å². The van der Waals surface area contributed by atoms with Gasteiger partial charge >= 0.3 is 0 Å². The molecule has 152 valence electrons. The smallest absolute Gasteiger partial charge is 0.158 e. The third-order valence-electron chi connectivity index (χ3n) is 5.89. The van der Waals surface area contributed by atoms with Gasteiger partial charge in [0.25, 0.3) is 0 Å². The van der Waals surface area contributed by atoms with Crippen molar-refractivity contribution in [2.45, 2.75) is 18.5 Å². The van der Waals surface area contributed by atoms with Crippen LogP contribution >= 0.6 is 0 Å². The zero-order valence-corrected chi connectivity index (χ0v) is 16.9. The fourth-order valence-electron chi connectivity index (χ4n) is 4.34. The molecule has 0 radical (unpaired) electrons. The minimum absolute atomic E-state index is 0.272. The second-order valence-corrected chi connectivity index (χ2v) is 7.68. The molecular formula is C21H22N8O. The number of ether oxygens (including phenoxy) is 1. The van der Waals surface area contributed by atoms with Gasteiger partial charge in [-0.3, -0.25) is 4.90 Å². The summed E-state index contributed by atoms with van der Waals surface area (Å²) < 4.78 is 7.60. The number of imidazole rings is 1. The topological polar surface area (TPSA) is 95.1 Å². The summed E-state index contributed by atoms with van der Waals surface area (Å²) in [5.41, 5.74) is 2.38. The molecule has 2 saturated heterocycles. The van der Waals surface area contributed by atoms with E-state index in [0.29, 0.717) is 23.7 Å². The van der Waals surface area contributed by atoms with Crippen LogP contribution in [-0.2, 0) is 0 Å². The Morgan fingerprint density at radius 3 is 2.70 bits per heavy atom. The quantitative estimate of drug-likeness (QED) is 0.694. The van der Waals surface area contributed by atoms with Crippen molar-refractivity contribution in [2.75, 3.05) is 37.5 Å². The van der Waals surface area contributed by atoms with Crippen LogP contribution in [0.4, 0.5) is 17.3 Å². The molecule has 2 aromatic heterocycles. The highest BCUT2D eigenvalue weighted by atomic mass is 16.5. The van der Waals surface area contributed by atoms with Crippen LogP contribution in [0.5, 0.6) is 5.75 Å². The van der Waals surface area contributed by atoms with E-state index in [2.05, 4.69) is 55.3 Å². The molecule has 2 bridgehead atoms. The standard InChI is InChI=1S/C21H22N8O/c1-27-10-17-5-16(27)11-29(17)15-3-4-18(19(6-15)30-2)28-12-21(25-13-28)26-20-9-23-14(7-22)8-24-20/h3-4,6,8-9,12-13,16-17H,5,10-11H2,1-2H3,(H,24,26)/t16-,17-/m1/s1. The van der Waals surface area contributed by atoms with Crippen LogP contribution in [-0.4, -0.2) is 63.7 Å². The third kappa shape index (κ3) is 3.21. The first-order chi connectivity index (χ1) is 14.6. The van der Waals surface area contributed by atoms with Gasteiger partial charge in [-0.25, -0.2) is 15.0 Å². The Balaban J connectivity index is 1.36. The number of likely N-dealkylation sites (tertiary alicyclic amines) is 1. The van der Waals surface area contributed by atoms with Crippen LogP contribution in [0.1, 0.15) is 12.1 Å². The van der Waals surface area contributed by atoms with Gasteiger partial charge in [0.15, 0.2) is 5.69 Å². The lowest BCUT2D eigenvalue weighted by Crippen LogP contribution is -2.44. The van der Waals surface area contributed by atoms with Crippen LogP contribution in [0.15, 0.2) is 43.1 Å². The summed E-state index contributed by atoms with van der Waals surface area (Å²) >= 11 is 0. The SMILES string of the molecule is COc1cc(N2C[C@H]3C[C@@H]2CN3C)ccc1-n1cnc(Nc2cnc(C#N)cn2)c1. The maximum absolute atomic E-state index is 8.82. The van der Waals surface area contributed by atoms with Crippen molar-refractivity contribution in [3.8, 4) is 17.5 Å². The van der Waals surface area contributed by atoms with E-state index in [9.17, 15) is 0 Å². The molecule has 2 aliphatic rings. The molecule has 0 aliphatic carbocycles. The number of rotatable bonds is 5. The van der Waals surface area contributed by atoms with E-state index in [0.717, 1.165) is 24.5 Å². The van der Waals surface area contributed by atoms with Crippen LogP contribution in [0.25, 0.3) is 5.69 Å². The largest absolute Gasteiger partial charge is 0.494 e. The van der Waals surface area contributed by atoms with Gasteiger partial charge in [0.2, 0.25) is 0 Å². The lowest BCUT2D eigenvalue weighted by Gasteiger charge is -2.34. The number of nitrogens with one attached hydrogen (secondary N) is 1. The molecule has 30 heavy (non-hydrogen) atoms. The van der Waals surface area contributed by atoms with Gasteiger partial charge < -0.3 is 19.5 Å². The number of hydrogen-bond acceptors (Lipinski definition) is 8. The minimum Gasteiger partial charge on any atom is -0.494 e. The van der Waals surface area contributed by atoms with Gasteiger partial charge in [-0.2, -0.15) is 5.26 Å². The Kier molecular flexibility index (Phi) is 4.48. The molecule has 2 atom stereocenters. The summed E-state index contributed by atoms with van der Waals surface area (Å²) in [7, 11) is 3.90. The molecule has 1 aromatic carbocycles. The number of nitriles is 1. The second kappa shape index (κ2) is 7.31. The fourth-order valence-corrected chi connectivity index (χ4v) is 4.34. The van der Waals surface area contributed by atoms with Crippen molar-refractivity contribution >= 4 is 17.3 Å². The summed E-state index contributed by atoms with van der Waals surface area (Å²) in [6.07, 6.45) is 7.75. The summed E-state index contributed by atoms with van der Waals surface area (Å²) in [6.45, 7) is 2.18. The van der Waals surface area contributed by atoms with E-state index in [-0.39, 0.29) is 5.69 Å². The maximum atomic E-state index is 8.82. The molecule has 2 aliphatic heterocycles. The number of aromatic nitrogens is 4. The molecular weight excluding hydrogens is 380 g/mol. The van der Waals surface area contributed by atoms with E-state index < -0.39 is 0 Å². The predicted octanol–water partition coefficient (Wildman–Crippen LogP) is 2.18. The van der Waals surface area contributed by atoms with Gasteiger partial charge in [0.1, 0.15) is 29.8 Å². The number of likely N-dealkylation sites (N-methyl/N-ethyl adjacent to an activating group) is 1. The highest BCUT2D eigenvalue weighted by Crippen LogP contribution is 2.36. The molecule has 1 N–H and O–H groups in total. The lowest BCUT2D eigenvalue weighted by atomic mass is 10.2. The maximum Gasteiger partial charge on any atom is 0.158 e. The van der Waals surface area contributed by atoms with Gasteiger partial charge in [0, 0.05) is 36.9 Å². The molecule has 0 amide bonds. The average Bonchev–Trinajstić information content (AvgIpc) is 3.49. The molecule has 2 fully saturated rings. The number of nitrogens with zero attached hydrogens (tertiary/aromatic N) is 7. The first-order valence-electron chi connectivity index (χ1n) is 9.83. The predicted molar refractivity (Wildman–Crippen MR) is 112 cm³/mol. The van der Waals surface area contributed by atoms with Crippen molar-refractivity contribution in [1.82, 2.24) is 24.4 Å². The van der Waals surface area contributed by atoms with Crippen LogP contribution < -0.4 is 15.0 Å². The average molecular weight is 402 g/mol. The van der Waals surface area contributed by atoms with Crippen LogP contribution in [0.2, 0.25) is 0 Å². The van der Waals surface area contributed by atoms with Crippen molar-refractivity contribution < 1.29 is 4.74 Å². The number of piperazine rings is 1. The van der Waals surface area contributed by atoms with Gasteiger partial charge in [-0.1, -0.05) is 0 Å². The second-order valence-electron chi connectivity index (χ2n) is 7.68. The molecule has 0 spiro atoms. The van der Waals surface area contributed by atoms with E-state index in [1.165, 1.54) is 24.5 Å². The zero-order chi connectivity index (χ0) is 20.7. The monoisotopic (exact) mass is 402 g/mol. The molecule has 9 nitrogen and oxygen atoms in total. The zero-order valence-electron chi connectivity index (χ0n) is 16.9. The summed E-state index contributed by atoms with van der Waals surface area (Å²) in [5.74, 6) is 1.95. The minimum atomic E-state index is 0.272. The van der Waals surface area contributed by atoms with Crippen molar-refractivity contribution in [1.29, 1.82) is 5.26 Å². The Morgan fingerprint density at radius 2 is 2.03 bits per heavy atom. The van der Waals surface area contributed by atoms with E-state index in [1.807, 2.05) is 16.8 Å². The Morgan fingerprint density at radius 1 is 1.13 bits per heavy atom. The van der Waals surface area contributed by atoms with Gasteiger partial charge in [-0.05, 0) is 25.6 Å². The number of anilines is 3. The molecule has 0 unspecified atom stereocenters. The number of benzene rings is 1. The van der Waals surface area contributed by atoms with E-state index >= 15 is 0 Å². The summed E-state index contributed by atoms with van der Waals surface area (Å²) in [6, 6.07) is 9.50. The van der Waals surface area contributed by atoms with Crippen molar-refractivity contribution in [3.05, 3.63) is 48.8 Å². The number of methoxy groups -OCH3 is 1. The highest BCUT2D eigenvalue weighted by Gasteiger charge is 2.41. The third-order valence-corrected chi connectivity index (χ3v) is 5.89. The first kappa shape index (κ1) is 18.4. The van der Waals surface area contributed by atoms with Crippen molar-refractivity contribution in [2.24, 2.45) is 0 Å². The van der Waals surface area contributed by atoms with Crippen LogP contribution in [0.3, 0.4) is 0 Å². The van der Waals surface area contributed by atoms with E-state index in [4.69, 9.17) is 10.00 Å². The molecule has 0 saturated carbocycles. The van der Waals surface area contributed by atoms with Crippen molar-refractivity contribution in [3.63, 3.8) is 0 Å². The first-order valence-corrected chi connectivity index (χ1v) is 9.83.